The molecule has 3 heteroatoms. The second-order valence-corrected chi connectivity index (χ2v) is 7.65. The van der Waals surface area contributed by atoms with E-state index in [0.717, 1.165) is 22.3 Å². The van der Waals surface area contributed by atoms with Crippen LogP contribution in [0.3, 0.4) is 0 Å². The Morgan fingerprint density at radius 1 is 0.704 bits per heavy atom. The van der Waals surface area contributed by atoms with Crippen molar-refractivity contribution in [1.82, 2.24) is 0 Å². The van der Waals surface area contributed by atoms with Crippen LogP contribution in [-0.4, -0.2) is 6.18 Å². The normalized spacial score (nSPS) is 12.2. The van der Waals surface area contributed by atoms with Crippen LogP contribution in [0.15, 0.2) is 72.8 Å². The number of hydrogen-bond donors (Lipinski definition) is 0. The van der Waals surface area contributed by atoms with Crippen molar-refractivity contribution < 1.29 is 13.2 Å². The molecule has 140 valence electrons. The van der Waals surface area contributed by atoms with Crippen LogP contribution in [-0.2, 0) is 6.42 Å². The van der Waals surface area contributed by atoms with E-state index >= 15 is 0 Å². The first-order valence-electron chi connectivity index (χ1n) is 8.99. The van der Waals surface area contributed by atoms with Crippen molar-refractivity contribution >= 4 is 0 Å². The fourth-order valence-electron chi connectivity index (χ4n) is 3.16. The van der Waals surface area contributed by atoms with E-state index in [-0.39, 0.29) is 6.42 Å². The van der Waals surface area contributed by atoms with Gasteiger partial charge in [0.25, 0.3) is 0 Å². The molecule has 0 atom stereocenters. The molecule has 0 aliphatic carbocycles. The van der Waals surface area contributed by atoms with E-state index in [2.05, 4.69) is 37.3 Å². The SMILES string of the molecule is Cc1ccc(-c2ccc(CC(C)(C)C(F)(F)F)cc2)cc1-c1ccccc1. The molecule has 0 nitrogen and oxygen atoms in total. The Morgan fingerprint density at radius 2 is 1.30 bits per heavy atom. The monoisotopic (exact) mass is 368 g/mol. The second kappa shape index (κ2) is 7.22. The molecule has 0 unspecified atom stereocenters. The second-order valence-electron chi connectivity index (χ2n) is 7.65. The summed E-state index contributed by atoms with van der Waals surface area (Å²) in [6.07, 6.45) is -4.24. The summed E-state index contributed by atoms with van der Waals surface area (Å²) in [5, 5.41) is 0. The van der Waals surface area contributed by atoms with E-state index in [1.54, 1.807) is 12.1 Å². The molecule has 0 spiro atoms. The molecular weight excluding hydrogens is 345 g/mol. The highest BCUT2D eigenvalue weighted by Crippen LogP contribution is 2.40. The Kier molecular flexibility index (Phi) is 5.14. The molecule has 3 rings (SSSR count). The summed E-state index contributed by atoms with van der Waals surface area (Å²) in [4.78, 5) is 0. The Labute approximate surface area is 158 Å². The smallest absolute Gasteiger partial charge is 0.171 e. The molecule has 0 heterocycles. The van der Waals surface area contributed by atoms with Gasteiger partial charge in [0, 0.05) is 0 Å². The fraction of sp³-hybridized carbons (Fsp3) is 0.250. The Hall–Kier alpha value is -2.55. The molecule has 0 radical (unpaired) electrons. The topological polar surface area (TPSA) is 0 Å². The maximum atomic E-state index is 13.1. The number of alkyl halides is 3. The van der Waals surface area contributed by atoms with Crippen LogP contribution in [0.1, 0.15) is 25.0 Å². The summed E-state index contributed by atoms with van der Waals surface area (Å²) in [6.45, 7) is 4.56. The van der Waals surface area contributed by atoms with Crippen molar-refractivity contribution in [3.63, 3.8) is 0 Å². The molecule has 0 aliphatic heterocycles. The Balaban J connectivity index is 1.88. The van der Waals surface area contributed by atoms with Gasteiger partial charge in [0.15, 0.2) is 0 Å². The van der Waals surface area contributed by atoms with Crippen molar-refractivity contribution in [2.45, 2.75) is 33.4 Å². The lowest BCUT2D eigenvalue weighted by molar-refractivity contribution is -0.211. The molecular formula is C24H23F3. The molecule has 0 fully saturated rings. The van der Waals surface area contributed by atoms with Gasteiger partial charge in [0.2, 0.25) is 0 Å². The fourth-order valence-corrected chi connectivity index (χ4v) is 3.16. The summed E-state index contributed by atoms with van der Waals surface area (Å²) in [5.74, 6) is 0. The van der Waals surface area contributed by atoms with E-state index in [1.165, 1.54) is 19.4 Å². The zero-order valence-electron chi connectivity index (χ0n) is 15.8. The number of rotatable bonds is 4. The van der Waals surface area contributed by atoms with Gasteiger partial charge in [-0.3, -0.25) is 0 Å². The van der Waals surface area contributed by atoms with Gasteiger partial charge in [-0.25, -0.2) is 0 Å². The Morgan fingerprint density at radius 3 is 1.89 bits per heavy atom. The number of hydrogen-bond acceptors (Lipinski definition) is 0. The lowest BCUT2D eigenvalue weighted by Crippen LogP contribution is -2.34. The van der Waals surface area contributed by atoms with Gasteiger partial charge in [-0.1, -0.05) is 80.6 Å². The first kappa shape index (κ1) is 19.2. The number of halogens is 3. The zero-order chi connectivity index (χ0) is 19.7. The van der Waals surface area contributed by atoms with E-state index in [1.807, 2.05) is 30.3 Å². The predicted octanol–water partition coefficient (Wildman–Crippen LogP) is 7.46. The summed E-state index contributed by atoms with van der Waals surface area (Å²) >= 11 is 0. The van der Waals surface area contributed by atoms with Crippen LogP contribution in [0.5, 0.6) is 0 Å². The lowest BCUT2D eigenvalue weighted by Gasteiger charge is -2.27. The molecule has 0 bridgehead atoms. The molecule has 3 aromatic carbocycles. The van der Waals surface area contributed by atoms with E-state index in [9.17, 15) is 13.2 Å². The average Bonchev–Trinajstić information content (AvgIpc) is 2.62. The molecule has 0 N–H and O–H groups in total. The maximum absolute atomic E-state index is 13.1. The highest BCUT2D eigenvalue weighted by Gasteiger charge is 2.46. The predicted molar refractivity (Wildman–Crippen MR) is 106 cm³/mol. The minimum absolute atomic E-state index is 0.0278. The molecule has 27 heavy (non-hydrogen) atoms. The van der Waals surface area contributed by atoms with Gasteiger partial charge in [0.05, 0.1) is 5.41 Å². The third-order valence-electron chi connectivity index (χ3n) is 5.02. The van der Waals surface area contributed by atoms with Gasteiger partial charge in [-0.05, 0) is 52.8 Å². The molecule has 3 aromatic rings. The first-order chi connectivity index (χ1) is 12.7. The van der Waals surface area contributed by atoms with Crippen molar-refractivity contribution in [2.24, 2.45) is 5.41 Å². The third kappa shape index (κ3) is 4.24. The summed E-state index contributed by atoms with van der Waals surface area (Å²) < 4.78 is 39.3. The van der Waals surface area contributed by atoms with Gasteiger partial charge in [0.1, 0.15) is 0 Å². The quantitative estimate of drug-likeness (QED) is 0.448. The van der Waals surface area contributed by atoms with Gasteiger partial charge in [-0.2, -0.15) is 13.2 Å². The van der Waals surface area contributed by atoms with Crippen LogP contribution in [0.2, 0.25) is 0 Å². The first-order valence-corrected chi connectivity index (χ1v) is 8.99. The number of aryl methyl sites for hydroxylation is 1. The number of benzene rings is 3. The average molecular weight is 368 g/mol. The molecule has 0 amide bonds. The molecule has 0 saturated heterocycles. The van der Waals surface area contributed by atoms with E-state index in [4.69, 9.17) is 0 Å². The van der Waals surface area contributed by atoms with E-state index < -0.39 is 11.6 Å². The summed E-state index contributed by atoms with van der Waals surface area (Å²) in [6, 6.07) is 23.8. The standard InChI is InChI=1S/C24H23F3/c1-17-9-12-21(15-22(17)20-7-5-4-6-8-20)19-13-10-18(11-14-19)16-23(2,3)24(25,26)27/h4-15H,16H2,1-3H3. The minimum atomic E-state index is -4.22. The van der Waals surface area contributed by atoms with Crippen molar-refractivity contribution in [3.8, 4) is 22.3 Å². The van der Waals surface area contributed by atoms with Crippen LogP contribution >= 0.6 is 0 Å². The molecule has 0 saturated carbocycles. The maximum Gasteiger partial charge on any atom is 0.394 e. The van der Waals surface area contributed by atoms with Crippen molar-refractivity contribution in [2.75, 3.05) is 0 Å². The third-order valence-corrected chi connectivity index (χ3v) is 5.02. The largest absolute Gasteiger partial charge is 0.394 e. The Bertz CT molecular complexity index is 905. The van der Waals surface area contributed by atoms with Crippen molar-refractivity contribution in [3.05, 3.63) is 83.9 Å². The minimum Gasteiger partial charge on any atom is -0.171 e. The summed E-state index contributed by atoms with van der Waals surface area (Å²) in [5.41, 5.74) is 4.52. The van der Waals surface area contributed by atoms with Crippen LogP contribution in [0.25, 0.3) is 22.3 Å². The van der Waals surface area contributed by atoms with Crippen LogP contribution < -0.4 is 0 Å². The van der Waals surface area contributed by atoms with Gasteiger partial charge >= 0.3 is 6.18 Å². The van der Waals surface area contributed by atoms with Crippen LogP contribution in [0.4, 0.5) is 13.2 Å². The molecule has 0 aromatic heterocycles. The van der Waals surface area contributed by atoms with E-state index in [0.29, 0.717) is 5.56 Å². The van der Waals surface area contributed by atoms with Crippen molar-refractivity contribution in [1.29, 1.82) is 0 Å². The zero-order valence-corrected chi connectivity index (χ0v) is 15.8. The van der Waals surface area contributed by atoms with Gasteiger partial charge in [-0.15, -0.1) is 0 Å². The highest BCUT2D eigenvalue weighted by atomic mass is 19.4. The van der Waals surface area contributed by atoms with Crippen LogP contribution in [0, 0.1) is 12.3 Å². The lowest BCUT2D eigenvalue weighted by atomic mass is 9.84. The van der Waals surface area contributed by atoms with Gasteiger partial charge < -0.3 is 0 Å². The molecule has 0 aliphatic rings. The highest BCUT2D eigenvalue weighted by molar-refractivity contribution is 5.75. The summed E-state index contributed by atoms with van der Waals surface area (Å²) in [7, 11) is 0.